The van der Waals surface area contributed by atoms with Gasteiger partial charge in [-0.1, -0.05) is 6.42 Å². The molecule has 31 heavy (non-hydrogen) atoms. The predicted octanol–water partition coefficient (Wildman–Crippen LogP) is 2.06. The average molecular weight is 428 g/mol. The molecule has 0 spiro atoms. The van der Waals surface area contributed by atoms with E-state index in [9.17, 15) is 30.0 Å². The van der Waals surface area contributed by atoms with Gasteiger partial charge >= 0.3 is 0 Å². The summed E-state index contributed by atoms with van der Waals surface area (Å²) in [5.41, 5.74) is 5.78. The van der Waals surface area contributed by atoms with Gasteiger partial charge in [0, 0.05) is 12.8 Å². The molecule has 2 amide bonds. The average Bonchev–Trinajstić information content (AvgIpc) is 2.73. The first-order valence-electron chi connectivity index (χ1n) is 9.53. The maximum atomic E-state index is 11.7. The second-order valence-electron chi connectivity index (χ2n) is 6.64. The van der Waals surface area contributed by atoms with E-state index in [-0.39, 0.29) is 47.7 Å². The molecule has 10 heteroatoms. The van der Waals surface area contributed by atoms with Crippen molar-refractivity contribution in [3.8, 4) is 23.0 Å². The summed E-state index contributed by atoms with van der Waals surface area (Å²) in [6.45, 7) is 0. The minimum Gasteiger partial charge on any atom is -0.504 e. The molecule has 0 aliphatic rings. The number of phenolic OH excluding ortho intramolecular Hbond substituents is 4. The Labute approximate surface area is 178 Å². The molecule has 0 radical (unpaired) electrons. The zero-order valence-corrected chi connectivity index (χ0v) is 16.7. The molecular formula is C21H24N4O6. The number of benzene rings is 2. The highest BCUT2D eigenvalue weighted by molar-refractivity contribution is 5.84. The van der Waals surface area contributed by atoms with Gasteiger partial charge < -0.3 is 20.4 Å². The highest BCUT2D eigenvalue weighted by Gasteiger charge is 2.03. The molecule has 0 bridgehead atoms. The SMILES string of the molecule is O=C(CCCCCC(=O)NN=Cc1ccc(O)c(O)c1)NN=Cc1ccc(O)c(O)c1. The van der Waals surface area contributed by atoms with E-state index in [2.05, 4.69) is 21.1 Å². The summed E-state index contributed by atoms with van der Waals surface area (Å²) in [5.74, 6) is -1.57. The van der Waals surface area contributed by atoms with Crippen LogP contribution in [0.25, 0.3) is 0 Å². The third kappa shape index (κ3) is 8.44. The van der Waals surface area contributed by atoms with Crippen LogP contribution in [0.3, 0.4) is 0 Å². The number of hydrogen-bond donors (Lipinski definition) is 6. The number of hydrazone groups is 2. The van der Waals surface area contributed by atoms with Crippen LogP contribution in [0.2, 0.25) is 0 Å². The first-order valence-corrected chi connectivity index (χ1v) is 9.53. The van der Waals surface area contributed by atoms with Crippen molar-refractivity contribution in [3.63, 3.8) is 0 Å². The van der Waals surface area contributed by atoms with Gasteiger partial charge in [-0.25, -0.2) is 10.9 Å². The maximum absolute atomic E-state index is 11.7. The number of amides is 2. The normalized spacial score (nSPS) is 11.1. The molecule has 0 saturated carbocycles. The molecule has 10 nitrogen and oxygen atoms in total. The number of carbonyl (C=O) groups is 2. The summed E-state index contributed by atoms with van der Waals surface area (Å²) in [4.78, 5) is 23.5. The summed E-state index contributed by atoms with van der Waals surface area (Å²) in [6.07, 6.45) is 5.05. The molecule has 0 atom stereocenters. The highest BCUT2D eigenvalue weighted by Crippen LogP contribution is 2.24. The second-order valence-corrected chi connectivity index (χ2v) is 6.64. The fourth-order valence-electron chi connectivity index (χ4n) is 2.46. The molecule has 6 N–H and O–H groups in total. The Balaban J connectivity index is 1.57. The Morgan fingerprint density at radius 1 is 0.677 bits per heavy atom. The zero-order valence-electron chi connectivity index (χ0n) is 16.7. The maximum Gasteiger partial charge on any atom is 0.240 e. The minimum absolute atomic E-state index is 0.237. The van der Waals surface area contributed by atoms with Crippen LogP contribution in [0.1, 0.15) is 43.2 Å². The van der Waals surface area contributed by atoms with Crippen LogP contribution in [0, 0.1) is 0 Å². The number of unbranched alkanes of at least 4 members (excludes halogenated alkanes) is 2. The van der Waals surface area contributed by atoms with Crippen LogP contribution in [0.15, 0.2) is 46.6 Å². The second kappa shape index (κ2) is 11.8. The first-order chi connectivity index (χ1) is 14.8. The van der Waals surface area contributed by atoms with Crippen molar-refractivity contribution in [1.29, 1.82) is 0 Å². The Bertz CT molecular complexity index is 897. The number of carbonyl (C=O) groups excluding carboxylic acids is 2. The van der Waals surface area contributed by atoms with Crippen LogP contribution in [-0.4, -0.2) is 44.7 Å². The summed E-state index contributed by atoms with van der Waals surface area (Å²) in [5, 5.41) is 44.8. The van der Waals surface area contributed by atoms with Crippen molar-refractivity contribution in [2.24, 2.45) is 10.2 Å². The molecule has 0 heterocycles. The van der Waals surface area contributed by atoms with Crippen molar-refractivity contribution in [2.75, 3.05) is 0 Å². The summed E-state index contributed by atoms with van der Waals surface area (Å²) >= 11 is 0. The number of nitrogens with zero attached hydrogens (tertiary/aromatic N) is 2. The Morgan fingerprint density at radius 2 is 1.10 bits per heavy atom. The lowest BCUT2D eigenvalue weighted by Crippen LogP contribution is -2.18. The molecule has 0 saturated heterocycles. The van der Waals surface area contributed by atoms with Gasteiger partial charge in [-0.15, -0.1) is 0 Å². The fourth-order valence-corrected chi connectivity index (χ4v) is 2.46. The lowest BCUT2D eigenvalue weighted by atomic mass is 10.1. The molecule has 0 aliphatic carbocycles. The summed E-state index contributed by atoms with van der Waals surface area (Å²) < 4.78 is 0. The van der Waals surface area contributed by atoms with Crippen molar-refractivity contribution < 1.29 is 30.0 Å². The lowest BCUT2D eigenvalue weighted by molar-refractivity contribution is -0.121. The van der Waals surface area contributed by atoms with Crippen molar-refractivity contribution in [2.45, 2.75) is 32.1 Å². The van der Waals surface area contributed by atoms with E-state index in [4.69, 9.17) is 0 Å². The van der Waals surface area contributed by atoms with Crippen molar-refractivity contribution >= 4 is 24.2 Å². The lowest BCUT2D eigenvalue weighted by Gasteiger charge is -2.02. The molecule has 0 fully saturated rings. The predicted molar refractivity (Wildman–Crippen MR) is 114 cm³/mol. The van der Waals surface area contributed by atoms with E-state index in [1.165, 1.54) is 48.8 Å². The van der Waals surface area contributed by atoms with E-state index in [0.29, 0.717) is 30.4 Å². The molecule has 2 rings (SSSR count). The van der Waals surface area contributed by atoms with Crippen LogP contribution in [0.4, 0.5) is 0 Å². The number of nitrogens with one attached hydrogen (secondary N) is 2. The van der Waals surface area contributed by atoms with E-state index < -0.39 is 0 Å². The van der Waals surface area contributed by atoms with Gasteiger partial charge in [0.2, 0.25) is 11.8 Å². The molecule has 0 aliphatic heterocycles. The number of hydrogen-bond acceptors (Lipinski definition) is 8. The smallest absolute Gasteiger partial charge is 0.240 e. The molecular weight excluding hydrogens is 404 g/mol. The van der Waals surface area contributed by atoms with E-state index >= 15 is 0 Å². The number of aromatic hydroxyl groups is 4. The van der Waals surface area contributed by atoms with Gasteiger partial charge in [0.05, 0.1) is 12.4 Å². The highest BCUT2D eigenvalue weighted by atomic mass is 16.3. The number of phenols is 4. The van der Waals surface area contributed by atoms with Crippen molar-refractivity contribution in [1.82, 2.24) is 10.9 Å². The Hall–Kier alpha value is -4.08. The molecule has 164 valence electrons. The quantitative estimate of drug-likeness (QED) is 0.147. The molecule has 2 aromatic rings. The zero-order chi connectivity index (χ0) is 22.6. The third-order valence-electron chi connectivity index (χ3n) is 4.11. The van der Waals surface area contributed by atoms with Gasteiger partial charge in [0.25, 0.3) is 0 Å². The first kappa shape index (κ1) is 23.2. The van der Waals surface area contributed by atoms with Gasteiger partial charge in [0.1, 0.15) is 0 Å². The molecule has 0 unspecified atom stereocenters. The summed E-state index contributed by atoms with van der Waals surface area (Å²) in [7, 11) is 0. The van der Waals surface area contributed by atoms with Crippen LogP contribution in [0.5, 0.6) is 23.0 Å². The fraction of sp³-hybridized carbons (Fsp3) is 0.238. The number of rotatable bonds is 10. The third-order valence-corrected chi connectivity index (χ3v) is 4.11. The minimum atomic E-state index is -0.273. The van der Waals surface area contributed by atoms with Gasteiger partial charge in [-0.2, -0.15) is 10.2 Å². The topological polar surface area (TPSA) is 164 Å². The van der Waals surface area contributed by atoms with E-state index in [1.807, 2.05) is 0 Å². The monoisotopic (exact) mass is 428 g/mol. The molecule has 2 aromatic carbocycles. The van der Waals surface area contributed by atoms with Crippen LogP contribution < -0.4 is 10.9 Å². The summed E-state index contributed by atoms with van der Waals surface area (Å²) in [6, 6.07) is 8.34. The van der Waals surface area contributed by atoms with E-state index in [1.54, 1.807) is 0 Å². The van der Waals surface area contributed by atoms with Gasteiger partial charge in [0.15, 0.2) is 23.0 Å². The van der Waals surface area contributed by atoms with Gasteiger partial charge in [-0.05, 0) is 60.4 Å². The standard InChI is InChI=1S/C21H24N4O6/c26-16-8-6-14(10-18(16)28)12-22-24-20(30)4-2-1-3-5-21(31)25-23-13-15-7-9-17(27)19(29)11-15/h6-13,26-29H,1-5H2,(H,24,30)(H,25,31). The van der Waals surface area contributed by atoms with Gasteiger partial charge in [-0.3, -0.25) is 9.59 Å². The molecule has 0 aromatic heterocycles. The van der Waals surface area contributed by atoms with Crippen LogP contribution in [-0.2, 0) is 9.59 Å². The van der Waals surface area contributed by atoms with Crippen molar-refractivity contribution in [3.05, 3.63) is 47.5 Å². The van der Waals surface area contributed by atoms with E-state index in [0.717, 1.165) is 0 Å². The Morgan fingerprint density at radius 3 is 1.48 bits per heavy atom. The largest absolute Gasteiger partial charge is 0.504 e. The van der Waals surface area contributed by atoms with Crippen LogP contribution >= 0.6 is 0 Å². The Kier molecular flexibility index (Phi) is 8.84.